The number of amides is 1. The van der Waals surface area contributed by atoms with Crippen molar-refractivity contribution in [2.24, 2.45) is 0 Å². The standard InChI is InChI=1S/C13H12BrFN4O/c1-2-17-12-9(5-8(14)6-18-12)13(20)19-11-3-4-16-7-10(11)15/h3-7H,2H2,1H3,(H,17,18)(H,16,19,20). The Kier molecular flexibility index (Phi) is 4.62. The molecule has 0 spiro atoms. The first-order valence-corrected chi connectivity index (χ1v) is 6.71. The first-order chi connectivity index (χ1) is 9.61. The Balaban J connectivity index is 2.29. The molecule has 0 atom stereocenters. The van der Waals surface area contributed by atoms with Crippen molar-refractivity contribution in [3.63, 3.8) is 0 Å². The summed E-state index contributed by atoms with van der Waals surface area (Å²) < 4.78 is 14.1. The van der Waals surface area contributed by atoms with Crippen LogP contribution in [0.1, 0.15) is 17.3 Å². The largest absolute Gasteiger partial charge is 0.370 e. The zero-order valence-corrected chi connectivity index (χ0v) is 12.2. The Morgan fingerprint density at radius 1 is 1.45 bits per heavy atom. The van der Waals surface area contributed by atoms with Crippen molar-refractivity contribution >= 4 is 33.3 Å². The van der Waals surface area contributed by atoms with Gasteiger partial charge in [-0.25, -0.2) is 9.37 Å². The molecule has 0 bridgehead atoms. The van der Waals surface area contributed by atoms with Gasteiger partial charge in [-0.05, 0) is 35.0 Å². The molecule has 7 heteroatoms. The minimum atomic E-state index is -0.589. The van der Waals surface area contributed by atoms with Crippen LogP contribution >= 0.6 is 15.9 Å². The number of aromatic nitrogens is 2. The van der Waals surface area contributed by atoms with Gasteiger partial charge in [0, 0.05) is 23.4 Å². The summed E-state index contributed by atoms with van der Waals surface area (Å²) in [5.74, 6) is -0.587. The van der Waals surface area contributed by atoms with E-state index in [1.807, 2.05) is 6.92 Å². The average molecular weight is 339 g/mol. The molecular weight excluding hydrogens is 327 g/mol. The second-order valence-corrected chi connectivity index (χ2v) is 4.81. The van der Waals surface area contributed by atoms with Crippen LogP contribution in [0, 0.1) is 5.82 Å². The summed E-state index contributed by atoms with van der Waals surface area (Å²) in [4.78, 5) is 20.0. The monoisotopic (exact) mass is 338 g/mol. The van der Waals surface area contributed by atoms with E-state index in [2.05, 4.69) is 36.5 Å². The lowest BCUT2D eigenvalue weighted by atomic mass is 10.2. The summed E-state index contributed by atoms with van der Waals surface area (Å²) in [5, 5.41) is 5.48. The van der Waals surface area contributed by atoms with Crippen LogP contribution < -0.4 is 10.6 Å². The summed E-state index contributed by atoms with van der Waals surface area (Å²) in [6.45, 7) is 2.52. The molecule has 0 fully saturated rings. The first kappa shape index (κ1) is 14.4. The SMILES string of the molecule is CCNc1ncc(Br)cc1C(=O)Nc1ccncc1F. The van der Waals surface area contributed by atoms with Crippen LogP contribution in [0.15, 0.2) is 35.2 Å². The van der Waals surface area contributed by atoms with Crippen molar-refractivity contribution in [2.75, 3.05) is 17.2 Å². The Labute approximate surface area is 123 Å². The van der Waals surface area contributed by atoms with Gasteiger partial charge >= 0.3 is 0 Å². The van der Waals surface area contributed by atoms with Crippen LogP contribution in [-0.4, -0.2) is 22.4 Å². The third-order valence-electron chi connectivity index (χ3n) is 2.46. The normalized spacial score (nSPS) is 10.2. The minimum absolute atomic E-state index is 0.0763. The number of anilines is 2. The highest BCUT2D eigenvalue weighted by Crippen LogP contribution is 2.20. The van der Waals surface area contributed by atoms with Gasteiger partial charge in [0.1, 0.15) is 5.82 Å². The molecule has 0 unspecified atom stereocenters. The molecule has 2 rings (SSSR count). The van der Waals surface area contributed by atoms with Crippen LogP contribution in [0.4, 0.5) is 15.9 Å². The van der Waals surface area contributed by atoms with Crippen LogP contribution in [0.5, 0.6) is 0 Å². The first-order valence-electron chi connectivity index (χ1n) is 5.92. The molecule has 2 aromatic rings. The van der Waals surface area contributed by atoms with Crippen LogP contribution in [0.2, 0.25) is 0 Å². The van der Waals surface area contributed by atoms with E-state index < -0.39 is 11.7 Å². The molecule has 0 aliphatic rings. The minimum Gasteiger partial charge on any atom is -0.370 e. The van der Waals surface area contributed by atoms with E-state index in [-0.39, 0.29) is 5.69 Å². The number of carbonyl (C=O) groups is 1. The van der Waals surface area contributed by atoms with Crippen molar-refractivity contribution in [1.82, 2.24) is 9.97 Å². The Hall–Kier alpha value is -2.02. The Morgan fingerprint density at radius 3 is 2.95 bits per heavy atom. The quantitative estimate of drug-likeness (QED) is 0.898. The van der Waals surface area contributed by atoms with Crippen LogP contribution in [0.3, 0.4) is 0 Å². The molecule has 0 saturated carbocycles. The third-order valence-corrected chi connectivity index (χ3v) is 2.90. The maximum Gasteiger partial charge on any atom is 0.259 e. The van der Waals surface area contributed by atoms with Gasteiger partial charge in [0.05, 0.1) is 17.4 Å². The molecule has 2 aromatic heterocycles. The number of nitrogens with one attached hydrogen (secondary N) is 2. The number of pyridine rings is 2. The molecule has 0 radical (unpaired) electrons. The van der Waals surface area contributed by atoms with Gasteiger partial charge in [-0.2, -0.15) is 0 Å². The lowest BCUT2D eigenvalue weighted by molar-refractivity contribution is 0.102. The van der Waals surface area contributed by atoms with Crippen LogP contribution in [0.25, 0.3) is 0 Å². The van der Waals surface area contributed by atoms with E-state index in [4.69, 9.17) is 0 Å². The zero-order valence-electron chi connectivity index (χ0n) is 10.7. The third kappa shape index (κ3) is 3.30. The van der Waals surface area contributed by atoms with E-state index in [1.54, 1.807) is 12.3 Å². The number of hydrogen-bond donors (Lipinski definition) is 2. The van der Waals surface area contributed by atoms with Crippen molar-refractivity contribution in [3.8, 4) is 0 Å². The molecule has 2 N–H and O–H groups in total. The van der Waals surface area contributed by atoms with Crippen molar-refractivity contribution in [1.29, 1.82) is 0 Å². The molecule has 5 nitrogen and oxygen atoms in total. The van der Waals surface area contributed by atoms with Gasteiger partial charge in [0.25, 0.3) is 5.91 Å². The highest BCUT2D eigenvalue weighted by atomic mass is 79.9. The summed E-state index contributed by atoms with van der Waals surface area (Å²) in [5.41, 5.74) is 0.407. The molecule has 0 aliphatic heterocycles. The van der Waals surface area contributed by atoms with E-state index in [1.165, 1.54) is 12.3 Å². The summed E-state index contributed by atoms with van der Waals surface area (Å²) >= 11 is 3.26. The lowest BCUT2D eigenvalue weighted by Gasteiger charge is -2.11. The number of hydrogen-bond acceptors (Lipinski definition) is 4. The van der Waals surface area contributed by atoms with E-state index >= 15 is 0 Å². The molecule has 0 aromatic carbocycles. The number of carbonyl (C=O) groups excluding carboxylic acids is 1. The van der Waals surface area contributed by atoms with Crippen molar-refractivity contribution < 1.29 is 9.18 Å². The predicted octanol–water partition coefficient (Wildman–Crippen LogP) is 3.06. The van der Waals surface area contributed by atoms with E-state index in [9.17, 15) is 9.18 Å². The van der Waals surface area contributed by atoms with E-state index in [0.29, 0.717) is 22.4 Å². The second-order valence-electron chi connectivity index (χ2n) is 3.89. The Morgan fingerprint density at radius 2 is 2.25 bits per heavy atom. The van der Waals surface area contributed by atoms with Gasteiger partial charge in [-0.3, -0.25) is 9.78 Å². The molecule has 1 amide bonds. The topological polar surface area (TPSA) is 66.9 Å². The fourth-order valence-electron chi connectivity index (χ4n) is 1.59. The molecule has 20 heavy (non-hydrogen) atoms. The number of halogens is 2. The zero-order chi connectivity index (χ0) is 14.5. The van der Waals surface area contributed by atoms with Crippen molar-refractivity contribution in [3.05, 3.63) is 46.6 Å². The summed E-state index contributed by atoms with van der Waals surface area (Å²) in [6.07, 6.45) is 4.03. The fraction of sp³-hybridized carbons (Fsp3) is 0.154. The van der Waals surface area contributed by atoms with E-state index in [0.717, 1.165) is 6.20 Å². The lowest BCUT2D eigenvalue weighted by Crippen LogP contribution is -2.16. The maximum atomic E-state index is 13.5. The number of nitrogens with zero attached hydrogens (tertiary/aromatic N) is 2. The van der Waals surface area contributed by atoms with Gasteiger partial charge in [0.2, 0.25) is 0 Å². The Bertz CT molecular complexity index is 636. The van der Waals surface area contributed by atoms with Gasteiger partial charge in [-0.1, -0.05) is 0 Å². The van der Waals surface area contributed by atoms with Crippen molar-refractivity contribution in [2.45, 2.75) is 6.92 Å². The maximum absolute atomic E-state index is 13.5. The van der Waals surface area contributed by atoms with Gasteiger partial charge < -0.3 is 10.6 Å². The average Bonchev–Trinajstić information content (AvgIpc) is 2.43. The molecule has 0 aliphatic carbocycles. The molecule has 104 valence electrons. The van der Waals surface area contributed by atoms with Crippen LogP contribution in [-0.2, 0) is 0 Å². The molecule has 2 heterocycles. The second kappa shape index (κ2) is 6.42. The highest BCUT2D eigenvalue weighted by Gasteiger charge is 2.15. The number of rotatable bonds is 4. The fourth-order valence-corrected chi connectivity index (χ4v) is 1.92. The summed E-state index contributed by atoms with van der Waals surface area (Å²) in [7, 11) is 0. The predicted molar refractivity (Wildman–Crippen MR) is 78.2 cm³/mol. The van der Waals surface area contributed by atoms with Gasteiger partial charge in [0.15, 0.2) is 5.82 Å². The molecular formula is C13H12BrFN4O. The van der Waals surface area contributed by atoms with Gasteiger partial charge in [-0.15, -0.1) is 0 Å². The molecule has 0 saturated heterocycles. The smallest absolute Gasteiger partial charge is 0.259 e. The highest BCUT2D eigenvalue weighted by molar-refractivity contribution is 9.10. The summed E-state index contributed by atoms with van der Waals surface area (Å²) in [6, 6.07) is 3.02.